The lowest BCUT2D eigenvalue weighted by molar-refractivity contribution is 0.0671. The van der Waals surface area contributed by atoms with E-state index in [0.717, 1.165) is 25.5 Å². The second-order valence-corrected chi connectivity index (χ2v) is 6.83. The second kappa shape index (κ2) is 6.57. The Morgan fingerprint density at radius 3 is 2.88 bits per heavy atom. The summed E-state index contributed by atoms with van der Waals surface area (Å²) in [6, 6.07) is 2.10. The Morgan fingerprint density at radius 1 is 1.25 bits per heavy atom. The molecule has 0 aromatic carbocycles. The van der Waals surface area contributed by atoms with E-state index in [2.05, 4.69) is 31.9 Å². The monoisotopic (exact) mass is 331 g/mol. The van der Waals surface area contributed by atoms with Gasteiger partial charge >= 0.3 is 0 Å². The quantitative estimate of drug-likeness (QED) is 0.837. The van der Waals surface area contributed by atoms with Crippen molar-refractivity contribution in [3.05, 3.63) is 41.6 Å². The molecule has 0 spiro atoms. The Balaban J connectivity index is 1.33. The number of halogens is 1. The molecule has 7 heteroatoms. The average molecular weight is 331 g/mol. The first kappa shape index (κ1) is 15.7. The second-order valence-electron chi connectivity index (χ2n) is 6.83. The number of piperazine rings is 1. The first-order valence-electron chi connectivity index (χ1n) is 8.56. The topological polar surface area (TPSA) is 58.3 Å². The molecule has 1 atom stereocenters. The molecule has 4 rings (SSSR count). The number of hydrogen-bond acceptors (Lipinski definition) is 6. The van der Waals surface area contributed by atoms with Gasteiger partial charge in [-0.1, -0.05) is 0 Å². The highest BCUT2D eigenvalue weighted by molar-refractivity contribution is 5.12. The Kier molecular flexibility index (Phi) is 4.28. The van der Waals surface area contributed by atoms with Crippen LogP contribution < -0.4 is 0 Å². The van der Waals surface area contributed by atoms with Gasteiger partial charge in [0.05, 0.1) is 12.7 Å². The van der Waals surface area contributed by atoms with Gasteiger partial charge in [0.2, 0.25) is 11.8 Å². The van der Waals surface area contributed by atoms with Crippen LogP contribution in [0.5, 0.6) is 0 Å². The molecule has 128 valence electrons. The van der Waals surface area contributed by atoms with Crippen molar-refractivity contribution in [2.75, 3.05) is 19.6 Å². The molecule has 1 unspecified atom stereocenters. The summed E-state index contributed by atoms with van der Waals surface area (Å²) >= 11 is 0. The Labute approximate surface area is 140 Å². The summed E-state index contributed by atoms with van der Waals surface area (Å²) in [4.78, 5) is 8.44. The molecule has 1 aliphatic heterocycles. The van der Waals surface area contributed by atoms with Gasteiger partial charge < -0.3 is 4.42 Å². The van der Waals surface area contributed by atoms with E-state index in [0.29, 0.717) is 36.5 Å². The minimum absolute atomic E-state index is 0.231. The van der Waals surface area contributed by atoms with Crippen molar-refractivity contribution in [2.24, 2.45) is 0 Å². The maximum Gasteiger partial charge on any atom is 0.230 e. The largest absolute Gasteiger partial charge is 0.424 e. The molecule has 0 N–H and O–H groups in total. The number of nitrogens with zero attached hydrogens (tertiary/aromatic N) is 5. The molecule has 3 heterocycles. The molecule has 2 fully saturated rings. The maximum absolute atomic E-state index is 13.8. The van der Waals surface area contributed by atoms with Gasteiger partial charge in [-0.15, -0.1) is 10.2 Å². The fourth-order valence-corrected chi connectivity index (χ4v) is 3.22. The van der Waals surface area contributed by atoms with Crippen molar-refractivity contribution in [3.8, 4) is 0 Å². The van der Waals surface area contributed by atoms with Crippen LogP contribution in [0.2, 0.25) is 0 Å². The highest BCUT2D eigenvalue weighted by Crippen LogP contribution is 2.39. The first-order chi connectivity index (χ1) is 11.7. The van der Waals surface area contributed by atoms with E-state index in [4.69, 9.17) is 4.42 Å². The summed E-state index contributed by atoms with van der Waals surface area (Å²) in [5.74, 6) is 1.77. The van der Waals surface area contributed by atoms with Crippen LogP contribution in [-0.2, 0) is 13.1 Å². The average Bonchev–Trinajstić information content (AvgIpc) is 3.32. The fourth-order valence-electron chi connectivity index (χ4n) is 3.22. The zero-order chi connectivity index (χ0) is 16.5. The normalized spacial score (nSPS) is 22.8. The summed E-state index contributed by atoms with van der Waals surface area (Å²) in [6.07, 6.45) is 5.27. The maximum atomic E-state index is 13.8. The summed E-state index contributed by atoms with van der Waals surface area (Å²) in [6.45, 7) is 6.21. The third kappa shape index (κ3) is 3.47. The van der Waals surface area contributed by atoms with Crippen LogP contribution in [0.15, 0.2) is 22.9 Å². The van der Waals surface area contributed by atoms with Crippen LogP contribution in [0.3, 0.4) is 0 Å². The van der Waals surface area contributed by atoms with Crippen molar-refractivity contribution in [1.29, 1.82) is 0 Å². The molecule has 2 aromatic heterocycles. The van der Waals surface area contributed by atoms with Crippen LogP contribution in [0.25, 0.3) is 0 Å². The molecule has 2 aliphatic rings. The van der Waals surface area contributed by atoms with Crippen molar-refractivity contribution < 1.29 is 8.81 Å². The minimum Gasteiger partial charge on any atom is -0.424 e. The molecule has 2 aromatic rings. The van der Waals surface area contributed by atoms with E-state index < -0.39 is 0 Å². The molecule has 1 saturated carbocycles. The van der Waals surface area contributed by atoms with Crippen molar-refractivity contribution in [2.45, 2.75) is 44.8 Å². The third-order valence-electron chi connectivity index (χ3n) is 4.85. The van der Waals surface area contributed by atoms with Crippen LogP contribution in [-0.4, -0.2) is 50.7 Å². The van der Waals surface area contributed by atoms with E-state index in [-0.39, 0.29) is 5.82 Å². The lowest BCUT2D eigenvalue weighted by Gasteiger charge is -2.39. The van der Waals surface area contributed by atoms with Crippen molar-refractivity contribution >= 4 is 0 Å². The standard InChI is InChI=1S/C17H22FN5O/c1-12-9-22(11-16-20-21-17(24-16)13-2-3-13)6-7-23(12)10-14-4-5-19-8-15(14)18/h4-5,8,12-13H,2-3,6-7,9-11H2,1H3. The fraction of sp³-hybridized carbons (Fsp3) is 0.588. The highest BCUT2D eigenvalue weighted by atomic mass is 19.1. The number of pyridine rings is 1. The van der Waals surface area contributed by atoms with Gasteiger partial charge in [0, 0.05) is 49.9 Å². The Bertz CT molecular complexity index is 702. The van der Waals surface area contributed by atoms with Gasteiger partial charge in [0.1, 0.15) is 5.82 Å². The van der Waals surface area contributed by atoms with E-state index in [1.54, 1.807) is 12.3 Å². The predicted molar refractivity (Wildman–Crippen MR) is 85.6 cm³/mol. The lowest BCUT2D eigenvalue weighted by atomic mass is 10.1. The number of hydrogen-bond donors (Lipinski definition) is 0. The van der Waals surface area contributed by atoms with Gasteiger partial charge in [-0.25, -0.2) is 4.39 Å². The molecule has 6 nitrogen and oxygen atoms in total. The zero-order valence-corrected chi connectivity index (χ0v) is 13.9. The molecule has 1 aliphatic carbocycles. The number of rotatable bonds is 5. The van der Waals surface area contributed by atoms with Gasteiger partial charge in [-0.05, 0) is 25.8 Å². The minimum atomic E-state index is -0.231. The Morgan fingerprint density at radius 2 is 2.12 bits per heavy atom. The van der Waals surface area contributed by atoms with Crippen molar-refractivity contribution in [1.82, 2.24) is 25.0 Å². The van der Waals surface area contributed by atoms with Crippen LogP contribution in [0.4, 0.5) is 4.39 Å². The van der Waals surface area contributed by atoms with Crippen LogP contribution in [0.1, 0.15) is 43.0 Å². The van der Waals surface area contributed by atoms with Gasteiger partial charge in [-0.2, -0.15) is 0 Å². The van der Waals surface area contributed by atoms with E-state index in [1.807, 2.05) is 0 Å². The molecular weight excluding hydrogens is 309 g/mol. The first-order valence-corrected chi connectivity index (χ1v) is 8.56. The predicted octanol–water partition coefficient (Wildman–Crippen LogP) is 2.19. The molecule has 0 amide bonds. The summed E-state index contributed by atoms with van der Waals surface area (Å²) in [7, 11) is 0. The van der Waals surface area contributed by atoms with Gasteiger partial charge in [0.15, 0.2) is 0 Å². The van der Waals surface area contributed by atoms with E-state index >= 15 is 0 Å². The highest BCUT2D eigenvalue weighted by Gasteiger charge is 2.30. The molecule has 0 radical (unpaired) electrons. The third-order valence-corrected chi connectivity index (χ3v) is 4.85. The molecule has 1 saturated heterocycles. The zero-order valence-electron chi connectivity index (χ0n) is 13.9. The molecule has 0 bridgehead atoms. The van der Waals surface area contributed by atoms with Gasteiger partial charge in [-0.3, -0.25) is 14.8 Å². The lowest BCUT2D eigenvalue weighted by Crippen LogP contribution is -2.51. The van der Waals surface area contributed by atoms with E-state index in [9.17, 15) is 4.39 Å². The smallest absolute Gasteiger partial charge is 0.230 e. The molecule has 24 heavy (non-hydrogen) atoms. The summed E-state index contributed by atoms with van der Waals surface area (Å²) in [5.41, 5.74) is 0.705. The molecular formula is C17H22FN5O. The summed E-state index contributed by atoms with van der Waals surface area (Å²) in [5, 5.41) is 8.31. The Hall–Kier alpha value is -1.86. The van der Waals surface area contributed by atoms with Gasteiger partial charge in [0.25, 0.3) is 0 Å². The van der Waals surface area contributed by atoms with Crippen molar-refractivity contribution in [3.63, 3.8) is 0 Å². The van der Waals surface area contributed by atoms with E-state index in [1.165, 1.54) is 19.0 Å². The SMILES string of the molecule is CC1CN(Cc2nnc(C3CC3)o2)CCN1Cc1ccncc1F. The summed E-state index contributed by atoms with van der Waals surface area (Å²) < 4.78 is 19.5. The van der Waals surface area contributed by atoms with Crippen LogP contribution in [0, 0.1) is 5.82 Å². The number of aromatic nitrogens is 3. The van der Waals surface area contributed by atoms with Crippen LogP contribution >= 0.6 is 0 Å².